The number of nitrogens with two attached hydrogens (primary N) is 1. The molecule has 0 aromatic rings. The summed E-state index contributed by atoms with van der Waals surface area (Å²) in [4.78, 5) is 4.01. The fraction of sp³-hybridized carbons (Fsp3) is 0.875. The molecule has 78 valence electrons. The third-order valence-electron chi connectivity index (χ3n) is 2.05. The third kappa shape index (κ3) is 4.78. The maximum atomic E-state index is 9.88. The lowest BCUT2D eigenvalue weighted by molar-refractivity contribution is -0.0565. The van der Waals surface area contributed by atoms with Crippen LogP contribution in [-0.2, 0) is 4.74 Å². The average molecular weight is 300 g/mol. The highest BCUT2D eigenvalue weighted by molar-refractivity contribution is 14.0. The first-order chi connectivity index (χ1) is 5.62. The van der Waals surface area contributed by atoms with E-state index in [0.29, 0.717) is 38.4 Å². The summed E-state index contributed by atoms with van der Waals surface area (Å²) in [6.07, 6.45) is 1.31. The van der Waals surface area contributed by atoms with E-state index in [1.165, 1.54) is 0 Å². The van der Waals surface area contributed by atoms with E-state index in [0.717, 1.165) is 0 Å². The minimum Gasteiger partial charge on any atom is -0.388 e. The molecule has 1 aliphatic rings. The van der Waals surface area contributed by atoms with Crippen LogP contribution in [0.25, 0.3) is 0 Å². The zero-order valence-corrected chi connectivity index (χ0v) is 10.2. The van der Waals surface area contributed by atoms with Crippen LogP contribution in [0.3, 0.4) is 0 Å². The van der Waals surface area contributed by atoms with Crippen molar-refractivity contribution in [2.75, 3.05) is 19.8 Å². The van der Waals surface area contributed by atoms with Gasteiger partial charge < -0.3 is 15.6 Å². The zero-order chi connectivity index (χ0) is 9.03. The molecule has 4 nitrogen and oxygen atoms in total. The van der Waals surface area contributed by atoms with Gasteiger partial charge in [0.15, 0.2) is 0 Å². The number of amidine groups is 1. The fourth-order valence-electron chi connectivity index (χ4n) is 1.18. The summed E-state index contributed by atoms with van der Waals surface area (Å²) in [5, 5.41) is 9.88. The predicted molar refractivity (Wildman–Crippen MR) is 62.6 cm³/mol. The molecule has 13 heavy (non-hydrogen) atoms. The number of aliphatic hydroxyl groups is 1. The molecule has 1 heterocycles. The number of halogens is 1. The Hall–Kier alpha value is 0.120. The molecule has 1 saturated heterocycles. The Morgan fingerprint density at radius 1 is 1.54 bits per heavy atom. The molecule has 0 unspecified atom stereocenters. The topological polar surface area (TPSA) is 67.8 Å². The van der Waals surface area contributed by atoms with Gasteiger partial charge in [0.2, 0.25) is 0 Å². The van der Waals surface area contributed by atoms with Crippen molar-refractivity contribution in [1.29, 1.82) is 0 Å². The van der Waals surface area contributed by atoms with Gasteiger partial charge in [0, 0.05) is 26.1 Å². The molecule has 0 atom stereocenters. The highest BCUT2D eigenvalue weighted by Gasteiger charge is 2.29. The Morgan fingerprint density at radius 2 is 2.08 bits per heavy atom. The zero-order valence-electron chi connectivity index (χ0n) is 7.82. The van der Waals surface area contributed by atoms with E-state index in [-0.39, 0.29) is 24.0 Å². The minimum absolute atomic E-state index is 0. The molecule has 0 radical (unpaired) electrons. The first-order valence-corrected chi connectivity index (χ1v) is 4.19. The summed E-state index contributed by atoms with van der Waals surface area (Å²) in [7, 11) is 0. The van der Waals surface area contributed by atoms with Crippen LogP contribution < -0.4 is 5.73 Å². The second kappa shape index (κ2) is 5.77. The summed E-state index contributed by atoms with van der Waals surface area (Å²) in [5.41, 5.74) is 4.69. The molecule has 5 heteroatoms. The van der Waals surface area contributed by atoms with Crippen LogP contribution in [0.15, 0.2) is 4.99 Å². The molecule has 0 amide bonds. The molecule has 0 spiro atoms. The SMILES string of the molecule is CC(N)=NCC1(O)CCOCC1.I. The van der Waals surface area contributed by atoms with Gasteiger partial charge in [0.1, 0.15) is 0 Å². The minimum atomic E-state index is -0.682. The molecule has 0 aromatic heterocycles. The van der Waals surface area contributed by atoms with E-state index in [2.05, 4.69) is 4.99 Å². The van der Waals surface area contributed by atoms with Gasteiger partial charge in [-0.3, -0.25) is 4.99 Å². The van der Waals surface area contributed by atoms with Gasteiger partial charge in [-0.2, -0.15) is 0 Å². The fourth-order valence-corrected chi connectivity index (χ4v) is 1.18. The Bertz CT molecular complexity index is 175. The summed E-state index contributed by atoms with van der Waals surface area (Å²) in [6, 6.07) is 0. The Kier molecular flexibility index (Phi) is 5.82. The van der Waals surface area contributed by atoms with Crippen LogP contribution in [0.1, 0.15) is 19.8 Å². The van der Waals surface area contributed by atoms with Crippen molar-refractivity contribution in [1.82, 2.24) is 0 Å². The van der Waals surface area contributed by atoms with Crippen LogP contribution >= 0.6 is 24.0 Å². The lowest BCUT2D eigenvalue weighted by Crippen LogP contribution is -2.39. The van der Waals surface area contributed by atoms with Crippen molar-refractivity contribution in [3.63, 3.8) is 0 Å². The van der Waals surface area contributed by atoms with E-state index in [9.17, 15) is 5.11 Å². The number of rotatable bonds is 2. The lowest BCUT2D eigenvalue weighted by atomic mass is 9.95. The van der Waals surface area contributed by atoms with Gasteiger partial charge in [-0.05, 0) is 6.92 Å². The number of hydrogen-bond donors (Lipinski definition) is 2. The second-order valence-electron chi connectivity index (χ2n) is 3.29. The molecule has 0 aliphatic carbocycles. The van der Waals surface area contributed by atoms with Crippen molar-refractivity contribution in [2.24, 2.45) is 10.7 Å². The van der Waals surface area contributed by atoms with Crippen LogP contribution in [0, 0.1) is 0 Å². The number of aliphatic imine (C=N–C) groups is 1. The standard InChI is InChI=1S/C8H16N2O2.HI/c1-7(9)10-6-8(11)2-4-12-5-3-8;/h11H,2-6H2,1H3,(H2,9,10);1H. The quantitative estimate of drug-likeness (QED) is 0.444. The molecular formula is C8H17IN2O2. The molecular weight excluding hydrogens is 283 g/mol. The largest absolute Gasteiger partial charge is 0.388 e. The monoisotopic (exact) mass is 300 g/mol. The van der Waals surface area contributed by atoms with Crippen molar-refractivity contribution in [2.45, 2.75) is 25.4 Å². The predicted octanol–water partition coefficient (Wildman–Crippen LogP) is 0.523. The van der Waals surface area contributed by atoms with Crippen LogP contribution in [0.5, 0.6) is 0 Å². The van der Waals surface area contributed by atoms with Crippen molar-refractivity contribution in [3.05, 3.63) is 0 Å². The summed E-state index contributed by atoms with van der Waals surface area (Å²) < 4.78 is 5.13. The highest BCUT2D eigenvalue weighted by Crippen LogP contribution is 2.20. The van der Waals surface area contributed by atoms with Crippen molar-refractivity contribution >= 4 is 29.8 Å². The molecule has 1 aliphatic heterocycles. The van der Waals surface area contributed by atoms with Gasteiger partial charge in [-0.25, -0.2) is 0 Å². The van der Waals surface area contributed by atoms with Crippen LogP contribution in [0.4, 0.5) is 0 Å². The highest BCUT2D eigenvalue weighted by atomic mass is 127. The van der Waals surface area contributed by atoms with E-state index in [1.54, 1.807) is 6.92 Å². The van der Waals surface area contributed by atoms with Gasteiger partial charge in [-0.1, -0.05) is 0 Å². The van der Waals surface area contributed by atoms with Gasteiger partial charge in [0.05, 0.1) is 18.0 Å². The second-order valence-corrected chi connectivity index (χ2v) is 3.29. The molecule has 3 N–H and O–H groups in total. The maximum absolute atomic E-state index is 9.88. The third-order valence-corrected chi connectivity index (χ3v) is 2.05. The number of hydrogen-bond acceptors (Lipinski definition) is 3. The van der Waals surface area contributed by atoms with E-state index < -0.39 is 5.60 Å². The van der Waals surface area contributed by atoms with Crippen LogP contribution in [-0.4, -0.2) is 36.3 Å². The first kappa shape index (κ1) is 13.1. The lowest BCUT2D eigenvalue weighted by Gasteiger charge is -2.30. The smallest absolute Gasteiger partial charge is 0.0906 e. The van der Waals surface area contributed by atoms with Gasteiger partial charge >= 0.3 is 0 Å². The van der Waals surface area contributed by atoms with Crippen molar-refractivity contribution in [3.8, 4) is 0 Å². The summed E-state index contributed by atoms with van der Waals surface area (Å²) in [6.45, 7) is 3.37. The molecule has 1 rings (SSSR count). The van der Waals surface area contributed by atoms with Crippen molar-refractivity contribution < 1.29 is 9.84 Å². The first-order valence-electron chi connectivity index (χ1n) is 4.19. The van der Waals surface area contributed by atoms with E-state index >= 15 is 0 Å². The Labute approximate surface area is 95.6 Å². The number of ether oxygens (including phenoxy) is 1. The summed E-state index contributed by atoms with van der Waals surface area (Å²) >= 11 is 0. The molecule has 1 fully saturated rings. The van der Waals surface area contributed by atoms with E-state index in [1.807, 2.05) is 0 Å². The Balaban J connectivity index is 0.00000144. The van der Waals surface area contributed by atoms with Gasteiger partial charge in [-0.15, -0.1) is 24.0 Å². The van der Waals surface area contributed by atoms with Gasteiger partial charge in [0.25, 0.3) is 0 Å². The maximum Gasteiger partial charge on any atom is 0.0906 e. The molecule has 0 saturated carbocycles. The Morgan fingerprint density at radius 3 is 2.54 bits per heavy atom. The average Bonchev–Trinajstić information content (AvgIpc) is 2.03. The molecule has 0 aromatic carbocycles. The number of nitrogens with zero attached hydrogens (tertiary/aromatic N) is 1. The summed E-state index contributed by atoms with van der Waals surface area (Å²) in [5.74, 6) is 0.523. The normalized spacial score (nSPS) is 22.2. The molecule has 0 bridgehead atoms. The van der Waals surface area contributed by atoms with E-state index in [4.69, 9.17) is 10.5 Å². The van der Waals surface area contributed by atoms with Crippen LogP contribution in [0.2, 0.25) is 0 Å².